The Morgan fingerprint density at radius 2 is 1.71 bits per heavy atom. The fraction of sp³-hybridized carbons (Fsp3) is 0.176. The molecule has 1 aliphatic rings. The summed E-state index contributed by atoms with van der Waals surface area (Å²) in [6.07, 6.45) is 1.31. The maximum absolute atomic E-state index is 13.3. The van der Waals surface area contributed by atoms with Gasteiger partial charge in [-0.3, -0.25) is 14.4 Å². The van der Waals surface area contributed by atoms with Crippen molar-refractivity contribution >= 4 is 31.2 Å². The van der Waals surface area contributed by atoms with Crippen molar-refractivity contribution < 1.29 is 26.5 Å². The van der Waals surface area contributed by atoms with E-state index in [1.807, 2.05) is 0 Å². The second-order valence-electron chi connectivity index (χ2n) is 5.98. The predicted octanol–water partition coefficient (Wildman–Crippen LogP) is 2.11. The van der Waals surface area contributed by atoms with Crippen LogP contribution in [0, 0.1) is 10.1 Å². The number of ether oxygens (including phenoxy) is 1. The Morgan fingerprint density at radius 3 is 2.18 bits per heavy atom. The topological polar surface area (TPSA) is 124 Å². The number of rotatable bonds is 6. The predicted molar refractivity (Wildman–Crippen MR) is 102 cm³/mol. The molecule has 0 amide bonds. The molecule has 2 aromatic carbocycles. The summed E-state index contributed by atoms with van der Waals surface area (Å²) in [5, 5.41) is 11.8. The number of sulfone groups is 1. The molecule has 11 heteroatoms. The number of benzene rings is 2. The maximum Gasteiger partial charge on any atom is 0.269 e. The molecule has 0 saturated heterocycles. The van der Waals surface area contributed by atoms with Gasteiger partial charge >= 0.3 is 0 Å². The van der Waals surface area contributed by atoms with E-state index in [0.29, 0.717) is 5.75 Å². The zero-order chi connectivity index (χ0) is 20.5. The zero-order valence-corrected chi connectivity index (χ0v) is 16.3. The lowest BCUT2D eigenvalue weighted by Gasteiger charge is -2.29. The average molecular weight is 424 g/mol. The van der Waals surface area contributed by atoms with Gasteiger partial charge in [-0.15, -0.1) is 0 Å². The van der Waals surface area contributed by atoms with Gasteiger partial charge in [0.2, 0.25) is 0 Å². The van der Waals surface area contributed by atoms with Gasteiger partial charge in [0, 0.05) is 17.5 Å². The quantitative estimate of drug-likeness (QED) is 0.514. The van der Waals surface area contributed by atoms with Crippen molar-refractivity contribution in [1.82, 2.24) is 0 Å². The SMILES string of the molecule is COc1ccc(N([C@@H]2C=CS(=O)(=O)C2)S(=O)(=O)c2ccc([N+](=O)[O-])cc2)cc1. The fourth-order valence-electron chi connectivity index (χ4n) is 2.80. The van der Waals surface area contributed by atoms with Gasteiger partial charge in [-0.25, -0.2) is 16.8 Å². The maximum atomic E-state index is 13.3. The van der Waals surface area contributed by atoms with Crippen LogP contribution in [-0.2, 0) is 19.9 Å². The van der Waals surface area contributed by atoms with Gasteiger partial charge in [-0.1, -0.05) is 0 Å². The van der Waals surface area contributed by atoms with Crippen LogP contribution in [0.25, 0.3) is 0 Å². The minimum absolute atomic E-state index is 0.188. The number of sulfonamides is 1. The number of nitrogens with zero attached hydrogens (tertiary/aromatic N) is 2. The Morgan fingerprint density at radius 1 is 1.11 bits per heavy atom. The van der Waals surface area contributed by atoms with E-state index in [-0.39, 0.29) is 16.3 Å². The molecule has 28 heavy (non-hydrogen) atoms. The average Bonchev–Trinajstić information content (AvgIpc) is 3.01. The van der Waals surface area contributed by atoms with Crippen molar-refractivity contribution in [3.63, 3.8) is 0 Å². The van der Waals surface area contributed by atoms with Crippen molar-refractivity contribution in [3.05, 3.63) is 70.1 Å². The summed E-state index contributed by atoms with van der Waals surface area (Å²) in [5.74, 6) is 0.108. The van der Waals surface area contributed by atoms with Gasteiger partial charge in [0.1, 0.15) is 5.75 Å². The molecule has 1 atom stereocenters. The molecule has 0 saturated carbocycles. The van der Waals surface area contributed by atoms with E-state index >= 15 is 0 Å². The third kappa shape index (κ3) is 3.85. The van der Waals surface area contributed by atoms with Gasteiger partial charge < -0.3 is 4.74 Å². The Kier molecular flexibility index (Phi) is 5.13. The number of non-ortho nitro benzene ring substituents is 1. The highest BCUT2D eigenvalue weighted by Crippen LogP contribution is 2.31. The molecule has 0 bridgehead atoms. The standard InChI is InChI=1S/C17H16N2O7S2/c1-26-16-6-2-13(3-7-16)18(15-10-11-27(22,23)12-15)28(24,25)17-8-4-14(5-9-17)19(20)21/h2-11,15H,12H2,1H3/t15-/m1/s1. The van der Waals surface area contributed by atoms with Crippen LogP contribution in [0.1, 0.15) is 0 Å². The molecule has 9 nitrogen and oxygen atoms in total. The highest BCUT2D eigenvalue weighted by atomic mass is 32.2. The summed E-state index contributed by atoms with van der Waals surface area (Å²) in [4.78, 5) is 9.99. The van der Waals surface area contributed by atoms with E-state index in [1.54, 1.807) is 12.1 Å². The summed E-state index contributed by atoms with van der Waals surface area (Å²) in [6, 6.07) is 9.58. The Balaban J connectivity index is 2.09. The van der Waals surface area contributed by atoms with Crippen LogP contribution in [0.3, 0.4) is 0 Å². The first-order valence-electron chi connectivity index (χ1n) is 7.98. The lowest BCUT2D eigenvalue weighted by molar-refractivity contribution is -0.384. The molecule has 0 fully saturated rings. The zero-order valence-electron chi connectivity index (χ0n) is 14.6. The second kappa shape index (κ2) is 7.24. The highest BCUT2D eigenvalue weighted by Gasteiger charge is 2.36. The minimum atomic E-state index is -4.20. The van der Waals surface area contributed by atoms with Crippen LogP contribution in [-0.4, -0.2) is 40.7 Å². The molecular formula is C17H16N2O7S2. The molecule has 0 spiro atoms. The van der Waals surface area contributed by atoms with Gasteiger partial charge in [-0.05, 0) is 42.5 Å². The minimum Gasteiger partial charge on any atom is -0.497 e. The molecule has 148 valence electrons. The summed E-state index contributed by atoms with van der Waals surface area (Å²) in [7, 11) is -6.25. The van der Waals surface area contributed by atoms with Crippen molar-refractivity contribution in [2.45, 2.75) is 10.9 Å². The number of hydrogen-bond donors (Lipinski definition) is 0. The summed E-state index contributed by atoms with van der Waals surface area (Å²) in [6.45, 7) is 0. The van der Waals surface area contributed by atoms with Crippen LogP contribution in [0.4, 0.5) is 11.4 Å². The fourth-order valence-corrected chi connectivity index (χ4v) is 5.77. The molecule has 1 aliphatic heterocycles. The summed E-state index contributed by atoms with van der Waals surface area (Å²) in [5.41, 5.74) is -0.0100. The van der Waals surface area contributed by atoms with Crippen molar-refractivity contribution in [3.8, 4) is 5.75 Å². The van der Waals surface area contributed by atoms with Crippen LogP contribution in [0.15, 0.2) is 64.9 Å². The van der Waals surface area contributed by atoms with E-state index in [4.69, 9.17) is 4.74 Å². The van der Waals surface area contributed by atoms with Crippen LogP contribution < -0.4 is 9.04 Å². The van der Waals surface area contributed by atoms with Gasteiger partial charge in [0.25, 0.3) is 15.7 Å². The number of hydrogen-bond acceptors (Lipinski definition) is 7. The van der Waals surface area contributed by atoms with Crippen LogP contribution in [0.2, 0.25) is 0 Å². The highest BCUT2D eigenvalue weighted by molar-refractivity contribution is 7.95. The van der Waals surface area contributed by atoms with Gasteiger partial charge in [0.15, 0.2) is 9.84 Å². The van der Waals surface area contributed by atoms with E-state index < -0.39 is 36.6 Å². The summed E-state index contributed by atoms with van der Waals surface area (Å²) < 4.78 is 56.3. The molecule has 0 N–H and O–H groups in total. The number of methoxy groups -OCH3 is 1. The molecule has 0 aliphatic carbocycles. The van der Waals surface area contributed by atoms with Crippen molar-refractivity contribution in [2.75, 3.05) is 17.2 Å². The largest absolute Gasteiger partial charge is 0.497 e. The lowest BCUT2D eigenvalue weighted by Crippen LogP contribution is -2.41. The molecule has 3 rings (SSSR count). The molecular weight excluding hydrogens is 408 g/mol. The van der Waals surface area contributed by atoms with Crippen LogP contribution in [0.5, 0.6) is 5.75 Å². The molecule has 0 radical (unpaired) electrons. The molecule has 0 aromatic heterocycles. The Bertz CT molecular complexity index is 1120. The van der Waals surface area contributed by atoms with E-state index in [0.717, 1.165) is 34.0 Å². The van der Waals surface area contributed by atoms with Crippen molar-refractivity contribution in [2.24, 2.45) is 0 Å². The van der Waals surface area contributed by atoms with Gasteiger partial charge in [0.05, 0.1) is 34.4 Å². The van der Waals surface area contributed by atoms with Gasteiger partial charge in [-0.2, -0.15) is 0 Å². The molecule has 0 unspecified atom stereocenters. The first-order chi connectivity index (χ1) is 13.1. The third-order valence-corrected chi connectivity index (χ3v) is 7.39. The van der Waals surface area contributed by atoms with E-state index in [1.165, 1.54) is 25.3 Å². The summed E-state index contributed by atoms with van der Waals surface area (Å²) >= 11 is 0. The lowest BCUT2D eigenvalue weighted by atomic mass is 10.2. The monoisotopic (exact) mass is 424 g/mol. The van der Waals surface area contributed by atoms with Crippen molar-refractivity contribution in [1.29, 1.82) is 0 Å². The third-order valence-electron chi connectivity index (χ3n) is 4.14. The number of nitro groups is 1. The number of anilines is 1. The van der Waals surface area contributed by atoms with E-state index in [9.17, 15) is 26.9 Å². The Hall–Kier alpha value is -2.92. The molecule has 1 heterocycles. The van der Waals surface area contributed by atoms with E-state index in [2.05, 4.69) is 0 Å². The number of nitro benzene ring substituents is 1. The smallest absolute Gasteiger partial charge is 0.269 e. The first kappa shape index (κ1) is 19.8. The molecule has 2 aromatic rings. The Labute approximate surface area is 162 Å². The first-order valence-corrected chi connectivity index (χ1v) is 11.1. The van der Waals surface area contributed by atoms with Crippen LogP contribution >= 0.6 is 0 Å². The normalized spacial score (nSPS) is 18.0. The second-order valence-corrected chi connectivity index (χ2v) is 9.72.